The summed E-state index contributed by atoms with van der Waals surface area (Å²) in [7, 11) is 1.61. The minimum atomic E-state index is -0.603. The predicted molar refractivity (Wildman–Crippen MR) is 124 cm³/mol. The third kappa shape index (κ3) is 5.04. The van der Waals surface area contributed by atoms with Gasteiger partial charge in [0.25, 0.3) is 0 Å². The first-order valence-corrected chi connectivity index (χ1v) is 10.7. The summed E-state index contributed by atoms with van der Waals surface area (Å²) >= 11 is 17.9. The van der Waals surface area contributed by atoms with E-state index in [1.54, 1.807) is 19.2 Å². The Morgan fingerprint density at radius 1 is 0.903 bits per heavy atom. The Bertz CT molecular complexity index is 1130. The van der Waals surface area contributed by atoms with Crippen LogP contribution in [0.3, 0.4) is 0 Å². The molecule has 31 heavy (non-hydrogen) atoms. The van der Waals surface area contributed by atoms with E-state index < -0.39 is 5.97 Å². The van der Waals surface area contributed by atoms with Gasteiger partial charge in [0.15, 0.2) is 0 Å². The molecule has 1 saturated carbocycles. The van der Waals surface area contributed by atoms with Gasteiger partial charge in [0.2, 0.25) is 0 Å². The van der Waals surface area contributed by atoms with Crippen molar-refractivity contribution in [2.45, 2.75) is 12.3 Å². The average Bonchev–Trinajstić information content (AvgIpc) is 3.57. The van der Waals surface area contributed by atoms with Crippen molar-refractivity contribution in [3.63, 3.8) is 0 Å². The van der Waals surface area contributed by atoms with Crippen molar-refractivity contribution in [3.8, 4) is 5.75 Å². The molecule has 0 saturated heterocycles. The fraction of sp³-hybridized carbons (Fsp3) is 0.167. The molecule has 0 spiro atoms. The average molecular weight is 475 g/mol. The van der Waals surface area contributed by atoms with Crippen molar-refractivity contribution in [2.75, 3.05) is 7.11 Å². The molecule has 0 aliphatic heterocycles. The molecule has 158 valence electrons. The molecular formula is C24H18Cl3NO3. The summed E-state index contributed by atoms with van der Waals surface area (Å²) in [6, 6.07) is 19.9. The number of hydrogen-bond donors (Lipinski definition) is 0. The van der Waals surface area contributed by atoms with E-state index in [0.717, 1.165) is 17.7 Å². The molecule has 0 bridgehead atoms. The van der Waals surface area contributed by atoms with Gasteiger partial charge in [-0.2, -0.15) is 0 Å². The van der Waals surface area contributed by atoms with Crippen molar-refractivity contribution in [2.24, 2.45) is 11.1 Å². The second kappa shape index (κ2) is 9.31. The number of carbonyl (C=O) groups is 1. The largest absolute Gasteiger partial charge is 0.497 e. The van der Waals surface area contributed by atoms with Crippen LogP contribution >= 0.6 is 34.8 Å². The number of methoxy groups -OCH3 is 1. The number of rotatable bonds is 6. The maximum Gasteiger partial charge on any atom is 0.365 e. The van der Waals surface area contributed by atoms with E-state index in [1.165, 1.54) is 11.6 Å². The van der Waals surface area contributed by atoms with Gasteiger partial charge in [-0.05, 0) is 78.1 Å². The molecule has 0 unspecified atom stereocenters. The highest BCUT2D eigenvalue weighted by Crippen LogP contribution is 2.49. The van der Waals surface area contributed by atoms with Crippen molar-refractivity contribution in [1.82, 2.24) is 0 Å². The van der Waals surface area contributed by atoms with E-state index in [9.17, 15) is 4.79 Å². The second-order valence-electron chi connectivity index (χ2n) is 7.21. The van der Waals surface area contributed by atoms with E-state index >= 15 is 0 Å². The Hall–Kier alpha value is -2.53. The molecule has 3 aromatic rings. The summed E-state index contributed by atoms with van der Waals surface area (Å²) in [4.78, 5) is 17.8. The minimum absolute atomic E-state index is 0.121. The number of halogens is 3. The van der Waals surface area contributed by atoms with Crippen LogP contribution in [0.5, 0.6) is 5.75 Å². The molecule has 0 heterocycles. The number of oxime groups is 1. The lowest BCUT2D eigenvalue weighted by Crippen LogP contribution is -2.09. The molecule has 0 radical (unpaired) electrons. The van der Waals surface area contributed by atoms with Gasteiger partial charge in [-0.1, -0.05) is 52.1 Å². The zero-order chi connectivity index (χ0) is 22.0. The summed E-state index contributed by atoms with van der Waals surface area (Å²) in [6.07, 6.45) is 0.900. The summed E-state index contributed by atoms with van der Waals surface area (Å²) in [6.45, 7) is 0. The minimum Gasteiger partial charge on any atom is -0.497 e. The molecule has 1 aliphatic carbocycles. The maximum absolute atomic E-state index is 12.5. The first-order chi connectivity index (χ1) is 15.0. The Morgan fingerprint density at radius 2 is 1.58 bits per heavy atom. The van der Waals surface area contributed by atoms with Gasteiger partial charge in [-0.25, -0.2) is 4.79 Å². The first kappa shape index (κ1) is 21.7. The van der Waals surface area contributed by atoms with Crippen LogP contribution in [0.4, 0.5) is 0 Å². The Morgan fingerprint density at radius 3 is 2.23 bits per heavy atom. The van der Waals surface area contributed by atoms with E-state index in [1.807, 2.05) is 48.5 Å². The number of ether oxygens (including phenoxy) is 1. The Labute approximate surface area is 195 Å². The summed E-state index contributed by atoms with van der Waals surface area (Å²) in [5.74, 6) is 0.534. The first-order valence-electron chi connectivity index (χ1n) is 9.60. The topological polar surface area (TPSA) is 47.9 Å². The number of hydrogen-bond acceptors (Lipinski definition) is 4. The van der Waals surface area contributed by atoms with Crippen LogP contribution in [0, 0.1) is 5.92 Å². The third-order valence-electron chi connectivity index (χ3n) is 5.21. The SMILES string of the molecule is COc1ccc(/C(=N/OC(=O)c2ccc(Cl)c(Cl)c2)[C@@H]2C[C@H]2c2ccc(Cl)cc2)cc1. The van der Waals surface area contributed by atoms with Crippen LogP contribution in [0.2, 0.25) is 15.1 Å². The van der Waals surface area contributed by atoms with Crippen molar-refractivity contribution in [1.29, 1.82) is 0 Å². The fourth-order valence-electron chi connectivity index (χ4n) is 3.44. The molecule has 2 atom stereocenters. The predicted octanol–water partition coefficient (Wildman–Crippen LogP) is 7.02. The van der Waals surface area contributed by atoms with Gasteiger partial charge in [0.1, 0.15) is 5.75 Å². The van der Waals surface area contributed by atoms with Crippen LogP contribution in [0.1, 0.15) is 33.8 Å². The van der Waals surface area contributed by atoms with E-state index in [2.05, 4.69) is 5.16 Å². The monoisotopic (exact) mass is 473 g/mol. The molecular weight excluding hydrogens is 457 g/mol. The van der Waals surface area contributed by atoms with Gasteiger partial charge in [0, 0.05) is 10.9 Å². The zero-order valence-electron chi connectivity index (χ0n) is 16.5. The smallest absolute Gasteiger partial charge is 0.365 e. The zero-order valence-corrected chi connectivity index (χ0v) is 18.8. The lowest BCUT2D eigenvalue weighted by molar-refractivity contribution is 0.0515. The van der Waals surface area contributed by atoms with Gasteiger partial charge >= 0.3 is 5.97 Å². The molecule has 0 N–H and O–H groups in total. The molecule has 4 nitrogen and oxygen atoms in total. The molecule has 0 aromatic heterocycles. The maximum atomic E-state index is 12.5. The highest BCUT2D eigenvalue weighted by molar-refractivity contribution is 6.42. The molecule has 4 rings (SSSR count). The van der Waals surface area contributed by atoms with Crippen molar-refractivity contribution < 1.29 is 14.4 Å². The Balaban J connectivity index is 1.59. The lowest BCUT2D eigenvalue weighted by Gasteiger charge is -2.08. The Kier molecular flexibility index (Phi) is 6.51. The van der Waals surface area contributed by atoms with E-state index in [4.69, 9.17) is 44.4 Å². The van der Waals surface area contributed by atoms with E-state index in [0.29, 0.717) is 15.8 Å². The molecule has 7 heteroatoms. The van der Waals surface area contributed by atoms with E-state index in [-0.39, 0.29) is 22.4 Å². The van der Waals surface area contributed by atoms with Crippen molar-refractivity contribution >= 4 is 46.5 Å². The molecule has 1 fully saturated rings. The second-order valence-corrected chi connectivity index (χ2v) is 8.46. The normalized spacial score (nSPS) is 17.9. The third-order valence-corrected chi connectivity index (χ3v) is 6.20. The fourth-order valence-corrected chi connectivity index (χ4v) is 3.86. The van der Waals surface area contributed by atoms with Crippen LogP contribution in [-0.2, 0) is 4.84 Å². The number of nitrogens with zero attached hydrogens (tertiary/aromatic N) is 1. The van der Waals surface area contributed by atoms with Crippen molar-refractivity contribution in [3.05, 3.63) is 98.5 Å². The van der Waals surface area contributed by atoms with Gasteiger partial charge in [-0.15, -0.1) is 0 Å². The summed E-state index contributed by atoms with van der Waals surface area (Å²) < 4.78 is 5.24. The summed E-state index contributed by atoms with van der Waals surface area (Å²) in [5, 5.41) is 5.60. The van der Waals surface area contributed by atoms with Crippen LogP contribution in [0.15, 0.2) is 71.9 Å². The molecule has 1 aliphatic rings. The summed E-state index contributed by atoms with van der Waals surface area (Å²) in [5.41, 5.74) is 3.02. The van der Waals surface area contributed by atoms with Crippen LogP contribution < -0.4 is 4.74 Å². The lowest BCUT2D eigenvalue weighted by atomic mass is 10.0. The van der Waals surface area contributed by atoms with Crippen LogP contribution in [0.25, 0.3) is 0 Å². The van der Waals surface area contributed by atoms with Gasteiger partial charge in [-0.3, -0.25) is 0 Å². The number of benzene rings is 3. The molecule has 3 aromatic carbocycles. The number of carbonyl (C=O) groups excluding carboxylic acids is 1. The quantitative estimate of drug-likeness (QED) is 0.219. The van der Waals surface area contributed by atoms with Gasteiger partial charge in [0.05, 0.1) is 28.4 Å². The highest BCUT2D eigenvalue weighted by atomic mass is 35.5. The molecule has 0 amide bonds. The van der Waals surface area contributed by atoms with Crippen LogP contribution in [-0.4, -0.2) is 18.8 Å². The highest BCUT2D eigenvalue weighted by Gasteiger charge is 2.43. The standard InChI is InChI=1S/C24H18Cl3NO3/c1-30-18-9-4-15(5-10-18)23(20-13-19(20)14-2-7-17(25)8-3-14)28-31-24(29)16-6-11-21(26)22(27)12-16/h2-12,19-20H,13H2,1H3/b28-23-/t19-,20+/m0/s1. The van der Waals surface area contributed by atoms with Gasteiger partial charge < -0.3 is 9.57 Å².